The molecule has 2 aromatic heterocycles. The molecular formula is C17H17N5O4S. The first-order chi connectivity index (χ1) is 13.0. The fraction of sp³-hybridized carbons (Fsp3) is 0.235. The number of carbonyl (C=O) groups excluding carboxylic acids is 1. The van der Waals surface area contributed by atoms with E-state index in [1.807, 2.05) is 19.0 Å². The maximum atomic E-state index is 12.7. The highest BCUT2D eigenvalue weighted by Crippen LogP contribution is 2.31. The fourth-order valence-corrected chi connectivity index (χ4v) is 3.04. The van der Waals surface area contributed by atoms with Crippen molar-refractivity contribution < 1.29 is 14.5 Å². The van der Waals surface area contributed by atoms with E-state index in [4.69, 9.17) is 4.74 Å². The summed E-state index contributed by atoms with van der Waals surface area (Å²) < 4.78 is 10.6. The lowest BCUT2D eigenvalue weighted by Gasteiger charge is -2.13. The Morgan fingerprint density at radius 2 is 2.19 bits per heavy atom. The lowest BCUT2D eigenvalue weighted by atomic mass is 10.2. The number of nitro benzene ring substituents is 1. The Bertz CT molecular complexity index is 988. The zero-order valence-electron chi connectivity index (χ0n) is 14.7. The number of benzene rings is 1. The van der Waals surface area contributed by atoms with Gasteiger partial charge in [0.1, 0.15) is 17.9 Å². The summed E-state index contributed by atoms with van der Waals surface area (Å²) in [7, 11) is 3.85. The second-order valence-corrected chi connectivity index (χ2v) is 6.75. The summed E-state index contributed by atoms with van der Waals surface area (Å²) in [6, 6.07) is 6.03. The van der Waals surface area contributed by atoms with Crippen LogP contribution in [0.1, 0.15) is 10.4 Å². The largest absolute Gasteiger partial charge is 0.491 e. The average Bonchev–Trinajstić information content (AvgIpc) is 3.04. The molecule has 9 nitrogen and oxygen atoms in total. The first kappa shape index (κ1) is 18.7. The van der Waals surface area contributed by atoms with Crippen molar-refractivity contribution in [3.63, 3.8) is 0 Å². The Morgan fingerprint density at radius 1 is 1.37 bits per heavy atom. The first-order valence-electron chi connectivity index (χ1n) is 8.02. The van der Waals surface area contributed by atoms with Crippen LogP contribution < -0.4 is 10.1 Å². The maximum Gasteiger partial charge on any atom is 0.270 e. The molecule has 1 aromatic carbocycles. The minimum absolute atomic E-state index is 0.0627. The number of aromatic nitrogens is 2. The molecule has 10 heteroatoms. The summed E-state index contributed by atoms with van der Waals surface area (Å²) in [5.74, 6) is 0.239. The number of pyridine rings is 1. The van der Waals surface area contributed by atoms with E-state index in [-0.39, 0.29) is 17.1 Å². The van der Waals surface area contributed by atoms with Crippen LogP contribution in [0.25, 0.3) is 10.1 Å². The Balaban J connectivity index is 1.83. The van der Waals surface area contributed by atoms with Crippen LogP contribution in [0.15, 0.2) is 36.7 Å². The summed E-state index contributed by atoms with van der Waals surface area (Å²) >= 11 is 1.15. The van der Waals surface area contributed by atoms with E-state index in [0.29, 0.717) is 24.3 Å². The van der Waals surface area contributed by atoms with E-state index in [1.54, 1.807) is 18.3 Å². The molecule has 0 radical (unpaired) electrons. The van der Waals surface area contributed by atoms with Crippen LogP contribution in [0.4, 0.5) is 11.5 Å². The van der Waals surface area contributed by atoms with Crippen molar-refractivity contribution >= 4 is 39.0 Å². The lowest BCUT2D eigenvalue weighted by Crippen LogP contribution is -2.21. The number of anilines is 1. The van der Waals surface area contributed by atoms with Crippen LogP contribution in [0.3, 0.4) is 0 Å². The average molecular weight is 387 g/mol. The van der Waals surface area contributed by atoms with E-state index >= 15 is 0 Å². The molecule has 0 aliphatic heterocycles. The van der Waals surface area contributed by atoms with Gasteiger partial charge in [-0.3, -0.25) is 19.9 Å². The molecule has 0 aliphatic carbocycles. The zero-order chi connectivity index (χ0) is 19.4. The van der Waals surface area contributed by atoms with Crippen molar-refractivity contribution in [1.29, 1.82) is 0 Å². The Hall–Kier alpha value is -3.11. The summed E-state index contributed by atoms with van der Waals surface area (Å²) in [5, 5.41) is 14.2. The molecule has 0 bridgehead atoms. The number of hydrogen-bond donors (Lipinski definition) is 1. The Morgan fingerprint density at radius 3 is 2.93 bits per heavy atom. The number of nitrogens with zero attached hydrogens (tertiary/aromatic N) is 4. The smallest absolute Gasteiger partial charge is 0.270 e. The molecule has 27 heavy (non-hydrogen) atoms. The van der Waals surface area contributed by atoms with E-state index in [2.05, 4.69) is 14.7 Å². The molecule has 3 rings (SSSR count). The van der Waals surface area contributed by atoms with Gasteiger partial charge in [0.05, 0.1) is 9.62 Å². The number of non-ortho nitro benzene ring substituents is 1. The standard InChI is InChI=1S/C17H17N5O4S/c1-21(2)7-8-26-14-5-6-18-10-13(14)17(23)19-16-12-9-11(22(24)25)3-4-15(12)27-20-16/h3-6,9-10H,7-8H2,1-2H3,(H,19,20,23). The summed E-state index contributed by atoms with van der Waals surface area (Å²) in [6.45, 7) is 1.12. The van der Waals surface area contributed by atoms with Gasteiger partial charge in [0.2, 0.25) is 0 Å². The van der Waals surface area contributed by atoms with Crippen LogP contribution in [-0.4, -0.2) is 52.3 Å². The van der Waals surface area contributed by atoms with Crippen LogP contribution in [-0.2, 0) is 0 Å². The van der Waals surface area contributed by atoms with Gasteiger partial charge >= 0.3 is 0 Å². The van der Waals surface area contributed by atoms with Crippen molar-refractivity contribution in [3.05, 3.63) is 52.3 Å². The molecular weight excluding hydrogens is 370 g/mol. The van der Waals surface area contributed by atoms with Gasteiger partial charge in [-0.1, -0.05) is 0 Å². The molecule has 0 atom stereocenters. The minimum Gasteiger partial charge on any atom is -0.491 e. The lowest BCUT2D eigenvalue weighted by molar-refractivity contribution is -0.384. The minimum atomic E-state index is -0.486. The van der Waals surface area contributed by atoms with Gasteiger partial charge in [0.25, 0.3) is 11.6 Å². The Labute approximate surface area is 158 Å². The monoisotopic (exact) mass is 387 g/mol. The van der Waals surface area contributed by atoms with Crippen molar-refractivity contribution in [2.24, 2.45) is 0 Å². The van der Waals surface area contributed by atoms with Crippen LogP contribution in [0.5, 0.6) is 5.75 Å². The topological polar surface area (TPSA) is 110 Å². The predicted octanol–water partition coefficient (Wildman–Crippen LogP) is 2.79. The van der Waals surface area contributed by atoms with Crippen LogP contribution in [0, 0.1) is 10.1 Å². The highest BCUT2D eigenvalue weighted by Gasteiger charge is 2.18. The number of likely N-dealkylation sites (N-methyl/N-ethyl adjacent to an activating group) is 1. The number of nitro groups is 1. The number of hydrogen-bond acceptors (Lipinski definition) is 8. The molecule has 2 heterocycles. The number of ether oxygens (including phenoxy) is 1. The van der Waals surface area contributed by atoms with E-state index < -0.39 is 10.8 Å². The third-order valence-corrected chi connectivity index (χ3v) is 4.54. The summed E-state index contributed by atoms with van der Waals surface area (Å²) in [5.41, 5.74) is 0.204. The molecule has 0 unspecified atom stereocenters. The zero-order valence-corrected chi connectivity index (χ0v) is 15.5. The number of amides is 1. The van der Waals surface area contributed by atoms with Crippen molar-refractivity contribution in [2.75, 3.05) is 32.6 Å². The number of carbonyl (C=O) groups is 1. The molecule has 0 saturated heterocycles. The molecule has 3 aromatic rings. The van der Waals surface area contributed by atoms with E-state index in [1.165, 1.54) is 18.3 Å². The van der Waals surface area contributed by atoms with Gasteiger partial charge in [-0.25, -0.2) is 0 Å². The SMILES string of the molecule is CN(C)CCOc1ccncc1C(=O)Nc1nsc2ccc([N+](=O)[O-])cc12. The molecule has 0 aliphatic rings. The molecule has 0 saturated carbocycles. The van der Waals surface area contributed by atoms with Crippen molar-refractivity contribution in [3.8, 4) is 5.75 Å². The fourth-order valence-electron chi connectivity index (χ4n) is 2.32. The van der Waals surface area contributed by atoms with Gasteiger partial charge in [0, 0.05) is 36.5 Å². The number of nitrogens with one attached hydrogen (secondary N) is 1. The number of fused-ring (bicyclic) bond motifs is 1. The van der Waals surface area contributed by atoms with Crippen molar-refractivity contribution in [1.82, 2.24) is 14.3 Å². The first-order valence-corrected chi connectivity index (χ1v) is 8.80. The van der Waals surface area contributed by atoms with Gasteiger partial charge in [0.15, 0.2) is 5.82 Å². The second-order valence-electron chi connectivity index (χ2n) is 5.95. The third kappa shape index (κ3) is 4.36. The highest BCUT2D eigenvalue weighted by molar-refractivity contribution is 7.13. The summed E-state index contributed by atoms with van der Waals surface area (Å²) in [6.07, 6.45) is 2.96. The van der Waals surface area contributed by atoms with Crippen molar-refractivity contribution in [2.45, 2.75) is 0 Å². The van der Waals surface area contributed by atoms with Gasteiger partial charge in [-0.2, -0.15) is 4.37 Å². The predicted molar refractivity (Wildman–Crippen MR) is 103 cm³/mol. The van der Waals surface area contributed by atoms with Gasteiger partial charge < -0.3 is 15.0 Å². The number of rotatable bonds is 7. The van der Waals surface area contributed by atoms with E-state index in [0.717, 1.165) is 16.2 Å². The molecule has 1 amide bonds. The highest BCUT2D eigenvalue weighted by atomic mass is 32.1. The molecule has 0 fully saturated rings. The third-order valence-electron chi connectivity index (χ3n) is 3.72. The summed E-state index contributed by atoms with van der Waals surface area (Å²) in [4.78, 5) is 29.1. The molecule has 140 valence electrons. The quantitative estimate of drug-likeness (QED) is 0.490. The van der Waals surface area contributed by atoms with E-state index in [9.17, 15) is 14.9 Å². The second kappa shape index (κ2) is 8.06. The van der Waals surface area contributed by atoms with Gasteiger partial charge in [-0.05, 0) is 37.8 Å². The van der Waals surface area contributed by atoms with Crippen LogP contribution in [0.2, 0.25) is 0 Å². The van der Waals surface area contributed by atoms with Crippen LogP contribution >= 0.6 is 11.5 Å². The molecule has 1 N–H and O–H groups in total. The Kier molecular flexibility index (Phi) is 5.57. The normalized spacial score (nSPS) is 10.9. The van der Waals surface area contributed by atoms with Gasteiger partial charge in [-0.15, -0.1) is 0 Å². The maximum absolute atomic E-state index is 12.7. The molecule has 0 spiro atoms.